The van der Waals surface area contributed by atoms with Gasteiger partial charge >= 0.3 is 0 Å². The molecule has 0 spiro atoms. The molecule has 10 heavy (non-hydrogen) atoms. The summed E-state index contributed by atoms with van der Waals surface area (Å²) in [7, 11) is 0. The van der Waals surface area contributed by atoms with Gasteiger partial charge in [-0.25, -0.2) is 4.98 Å². The van der Waals surface area contributed by atoms with Gasteiger partial charge in [0.2, 0.25) is 5.88 Å². The summed E-state index contributed by atoms with van der Waals surface area (Å²) in [6.45, 7) is 0. The maximum absolute atomic E-state index is 5.36. The van der Waals surface area contributed by atoms with E-state index in [1.54, 1.807) is 6.20 Å². The highest BCUT2D eigenvalue weighted by atomic mass is 16.5. The van der Waals surface area contributed by atoms with Gasteiger partial charge in [-0.2, -0.15) is 0 Å². The third kappa shape index (κ3) is 1.26. The van der Waals surface area contributed by atoms with Crippen LogP contribution in [0.3, 0.4) is 0 Å². The minimum atomic E-state index is 0.422. The lowest BCUT2D eigenvalue weighted by molar-refractivity contribution is 0.290. The van der Waals surface area contributed by atoms with Crippen LogP contribution in [0.2, 0.25) is 0 Å². The molecule has 1 aromatic rings. The zero-order valence-corrected chi connectivity index (χ0v) is 5.58. The van der Waals surface area contributed by atoms with E-state index in [1.165, 1.54) is 12.8 Å². The van der Waals surface area contributed by atoms with Crippen LogP contribution in [0, 0.1) is 6.07 Å². The number of hydrogen-bond acceptors (Lipinski definition) is 2. The molecule has 0 N–H and O–H groups in total. The van der Waals surface area contributed by atoms with E-state index < -0.39 is 0 Å². The van der Waals surface area contributed by atoms with Crippen molar-refractivity contribution in [1.29, 1.82) is 0 Å². The van der Waals surface area contributed by atoms with Crippen LogP contribution in [0.5, 0.6) is 5.88 Å². The molecule has 1 aliphatic rings. The van der Waals surface area contributed by atoms with Gasteiger partial charge < -0.3 is 4.74 Å². The molecule has 2 heteroatoms. The largest absolute Gasteiger partial charge is 0.474 e. The lowest BCUT2D eigenvalue weighted by atomic mass is 10.5. The van der Waals surface area contributed by atoms with Crippen molar-refractivity contribution in [3.05, 3.63) is 24.4 Å². The first kappa shape index (κ1) is 5.71. The summed E-state index contributed by atoms with van der Waals surface area (Å²) in [6, 6.07) is 6.55. The van der Waals surface area contributed by atoms with E-state index in [0.29, 0.717) is 12.0 Å². The van der Waals surface area contributed by atoms with Crippen LogP contribution in [0.4, 0.5) is 0 Å². The molecule has 0 aromatic carbocycles. The van der Waals surface area contributed by atoms with Crippen molar-refractivity contribution >= 4 is 0 Å². The second kappa shape index (κ2) is 2.29. The summed E-state index contributed by atoms with van der Waals surface area (Å²) in [5, 5.41) is 0. The smallest absolute Gasteiger partial charge is 0.221 e. The third-order valence-corrected chi connectivity index (χ3v) is 1.38. The predicted molar refractivity (Wildman–Crippen MR) is 36.7 cm³/mol. The first-order valence-electron chi connectivity index (χ1n) is 3.44. The lowest BCUT2D eigenvalue weighted by Gasteiger charge is -1.99. The van der Waals surface area contributed by atoms with Gasteiger partial charge in [0.25, 0.3) is 0 Å². The molecule has 2 rings (SSSR count). The Bertz CT molecular complexity index is 206. The number of aromatic nitrogens is 1. The van der Waals surface area contributed by atoms with Crippen molar-refractivity contribution < 1.29 is 4.74 Å². The van der Waals surface area contributed by atoms with E-state index in [-0.39, 0.29) is 0 Å². The summed E-state index contributed by atoms with van der Waals surface area (Å²) < 4.78 is 5.36. The quantitative estimate of drug-likeness (QED) is 0.610. The summed E-state index contributed by atoms with van der Waals surface area (Å²) >= 11 is 0. The van der Waals surface area contributed by atoms with Gasteiger partial charge in [-0.3, -0.25) is 0 Å². The zero-order valence-electron chi connectivity index (χ0n) is 5.58. The van der Waals surface area contributed by atoms with Crippen LogP contribution in [0.15, 0.2) is 18.3 Å². The van der Waals surface area contributed by atoms with Crippen LogP contribution in [-0.4, -0.2) is 11.1 Å². The minimum absolute atomic E-state index is 0.422. The van der Waals surface area contributed by atoms with Crippen molar-refractivity contribution in [2.45, 2.75) is 18.9 Å². The molecule has 1 heterocycles. The Balaban J connectivity index is 2.03. The SMILES string of the molecule is [c]1cccnc1OC1CC1. The van der Waals surface area contributed by atoms with E-state index in [1.807, 2.05) is 12.1 Å². The van der Waals surface area contributed by atoms with Gasteiger partial charge in [0.1, 0.15) is 6.10 Å². The molecule has 0 saturated heterocycles. The van der Waals surface area contributed by atoms with E-state index in [9.17, 15) is 0 Å². The van der Waals surface area contributed by atoms with E-state index in [0.717, 1.165) is 0 Å². The summed E-state index contributed by atoms with van der Waals surface area (Å²) in [5.74, 6) is 0.630. The molecule has 0 amide bonds. The van der Waals surface area contributed by atoms with Gasteiger partial charge in [-0.1, -0.05) is 0 Å². The normalized spacial score (nSPS) is 16.8. The van der Waals surface area contributed by atoms with Crippen LogP contribution in [-0.2, 0) is 0 Å². The molecule has 51 valence electrons. The summed E-state index contributed by atoms with van der Waals surface area (Å²) in [5.41, 5.74) is 0. The van der Waals surface area contributed by atoms with E-state index in [2.05, 4.69) is 11.1 Å². The van der Waals surface area contributed by atoms with Crippen molar-refractivity contribution in [2.75, 3.05) is 0 Å². The Morgan fingerprint density at radius 3 is 3.10 bits per heavy atom. The molecule has 1 fully saturated rings. The average molecular weight is 134 g/mol. The molecule has 0 atom stereocenters. The molecule has 0 bridgehead atoms. The number of pyridine rings is 1. The number of rotatable bonds is 2. The highest BCUT2D eigenvalue weighted by Crippen LogP contribution is 2.24. The van der Waals surface area contributed by atoms with Crippen LogP contribution >= 0.6 is 0 Å². The average Bonchev–Trinajstić information content (AvgIpc) is 2.74. The number of ether oxygens (including phenoxy) is 1. The monoisotopic (exact) mass is 134 g/mol. The fourth-order valence-electron chi connectivity index (χ4n) is 0.719. The minimum Gasteiger partial charge on any atom is -0.474 e. The number of nitrogens with zero attached hydrogens (tertiary/aromatic N) is 1. The van der Waals surface area contributed by atoms with Crippen LogP contribution in [0.1, 0.15) is 12.8 Å². The van der Waals surface area contributed by atoms with Crippen molar-refractivity contribution in [3.63, 3.8) is 0 Å². The van der Waals surface area contributed by atoms with E-state index in [4.69, 9.17) is 4.74 Å². The number of hydrogen-bond donors (Lipinski definition) is 0. The van der Waals surface area contributed by atoms with Gasteiger partial charge in [-0.15, -0.1) is 0 Å². The van der Waals surface area contributed by atoms with Gasteiger partial charge in [-0.05, 0) is 25.0 Å². The molecule has 0 aliphatic heterocycles. The highest BCUT2D eigenvalue weighted by molar-refractivity contribution is 5.08. The first-order valence-corrected chi connectivity index (χ1v) is 3.44. The van der Waals surface area contributed by atoms with Crippen molar-refractivity contribution in [1.82, 2.24) is 4.98 Å². The van der Waals surface area contributed by atoms with Crippen LogP contribution in [0.25, 0.3) is 0 Å². The van der Waals surface area contributed by atoms with Gasteiger partial charge in [0.15, 0.2) is 0 Å². The van der Waals surface area contributed by atoms with Crippen molar-refractivity contribution in [3.8, 4) is 5.88 Å². The molecular formula is C8H8NO. The lowest BCUT2D eigenvalue weighted by Crippen LogP contribution is -1.96. The Hall–Kier alpha value is -1.05. The molecule has 2 nitrogen and oxygen atoms in total. The molecule has 1 radical (unpaired) electrons. The fourth-order valence-corrected chi connectivity index (χ4v) is 0.719. The Labute approximate surface area is 59.9 Å². The van der Waals surface area contributed by atoms with Gasteiger partial charge in [0, 0.05) is 12.3 Å². The fraction of sp³-hybridized carbons (Fsp3) is 0.375. The molecule has 0 unspecified atom stereocenters. The predicted octanol–water partition coefficient (Wildman–Crippen LogP) is 1.42. The van der Waals surface area contributed by atoms with Crippen LogP contribution < -0.4 is 4.74 Å². The second-order valence-electron chi connectivity index (χ2n) is 2.40. The Kier molecular flexibility index (Phi) is 1.31. The maximum atomic E-state index is 5.36. The third-order valence-electron chi connectivity index (χ3n) is 1.38. The Morgan fingerprint density at radius 2 is 2.50 bits per heavy atom. The topological polar surface area (TPSA) is 22.1 Å². The Morgan fingerprint density at radius 1 is 1.60 bits per heavy atom. The first-order chi connectivity index (χ1) is 4.95. The molecule has 1 aromatic heterocycles. The van der Waals surface area contributed by atoms with Crippen molar-refractivity contribution in [2.24, 2.45) is 0 Å². The molecule has 1 saturated carbocycles. The zero-order chi connectivity index (χ0) is 6.81. The molecule has 1 aliphatic carbocycles. The standard InChI is InChI=1S/C8H8NO/c1-2-6-9-8(3-1)10-7-4-5-7/h1-2,6-7H,4-5H2. The summed E-state index contributed by atoms with van der Waals surface area (Å²) in [6.07, 6.45) is 4.48. The molecular weight excluding hydrogens is 126 g/mol. The van der Waals surface area contributed by atoms with E-state index >= 15 is 0 Å². The summed E-state index contributed by atoms with van der Waals surface area (Å²) in [4.78, 5) is 3.98. The second-order valence-corrected chi connectivity index (χ2v) is 2.40. The van der Waals surface area contributed by atoms with Gasteiger partial charge in [0.05, 0.1) is 0 Å². The maximum Gasteiger partial charge on any atom is 0.221 e. The highest BCUT2D eigenvalue weighted by Gasteiger charge is 2.23.